The summed E-state index contributed by atoms with van der Waals surface area (Å²) in [6.07, 6.45) is 3.57. The molecule has 2 fully saturated rings. The summed E-state index contributed by atoms with van der Waals surface area (Å²) in [6, 6.07) is 9.36. The molecule has 2 aliphatic heterocycles. The zero-order valence-electron chi connectivity index (χ0n) is 16.2. The summed E-state index contributed by atoms with van der Waals surface area (Å²) in [5.41, 5.74) is 0.849. The molecule has 29 heavy (non-hydrogen) atoms. The largest absolute Gasteiger partial charge is 0.480 e. The van der Waals surface area contributed by atoms with Crippen LogP contribution < -0.4 is 14.4 Å². The Morgan fingerprint density at radius 3 is 2.72 bits per heavy atom. The van der Waals surface area contributed by atoms with Crippen molar-refractivity contribution in [3.8, 4) is 11.8 Å². The fourth-order valence-corrected chi connectivity index (χ4v) is 3.55. The number of nitrogens with zero attached hydrogens (tertiary/aromatic N) is 5. The van der Waals surface area contributed by atoms with Gasteiger partial charge in [0, 0.05) is 31.7 Å². The second kappa shape index (κ2) is 8.34. The highest BCUT2D eigenvalue weighted by Gasteiger charge is 2.34. The van der Waals surface area contributed by atoms with Gasteiger partial charge in [0.2, 0.25) is 17.7 Å². The van der Waals surface area contributed by atoms with Gasteiger partial charge in [0.15, 0.2) is 0 Å². The van der Waals surface area contributed by atoms with Crippen molar-refractivity contribution in [3.05, 3.63) is 42.7 Å². The average Bonchev–Trinajstić information content (AvgIpc) is 3.36. The van der Waals surface area contributed by atoms with E-state index in [9.17, 15) is 9.59 Å². The molecule has 1 aromatic carbocycles. The molecule has 0 bridgehead atoms. The lowest BCUT2D eigenvalue weighted by Gasteiger charge is -2.22. The predicted octanol–water partition coefficient (Wildman–Crippen LogP) is 1.41. The van der Waals surface area contributed by atoms with Crippen LogP contribution in [0.2, 0.25) is 0 Å². The van der Waals surface area contributed by atoms with Gasteiger partial charge in [0.05, 0.1) is 26.0 Å². The molecule has 0 radical (unpaired) electrons. The Bertz CT molecular complexity index is 878. The molecule has 0 saturated carbocycles. The van der Waals surface area contributed by atoms with Gasteiger partial charge >= 0.3 is 6.03 Å². The molecule has 1 unspecified atom stereocenters. The third kappa shape index (κ3) is 4.23. The molecule has 0 spiro atoms. The first kappa shape index (κ1) is 19.0. The molecular formula is C20H23N5O4. The van der Waals surface area contributed by atoms with E-state index in [4.69, 9.17) is 9.47 Å². The summed E-state index contributed by atoms with van der Waals surface area (Å²) < 4.78 is 10.9. The molecule has 3 amide bonds. The Morgan fingerprint density at radius 2 is 1.93 bits per heavy atom. The van der Waals surface area contributed by atoms with Crippen LogP contribution in [-0.4, -0.2) is 77.6 Å². The van der Waals surface area contributed by atoms with Gasteiger partial charge in [0.25, 0.3) is 0 Å². The number of aromatic nitrogens is 2. The minimum Gasteiger partial charge on any atom is -0.480 e. The maximum atomic E-state index is 12.7. The van der Waals surface area contributed by atoms with Crippen LogP contribution in [0.25, 0.3) is 0 Å². The molecular weight excluding hydrogens is 374 g/mol. The number of likely N-dealkylation sites (tertiary alicyclic amines) is 1. The minimum atomic E-state index is -0.157. The third-order valence-electron chi connectivity index (χ3n) is 5.07. The number of para-hydroxylation sites is 1. The van der Waals surface area contributed by atoms with E-state index in [0.717, 1.165) is 5.69 Å². The first-order valence-electron chi connectivity index (χ1n) is 9.56. The highest BCUT2D eigenvalue weighted by atomic mass is 16.5. The van der Waals surface area contributed by atoms with Crippen molar-refractivity contribution in [1.82, 2.24) is 19.8 Å². The quantitative estimate of drug-likeness (QED) is 0.732. The minimum absolute atomic E-state index is 0.0731. The zero-order chi connectivity index (χ0) is 20.2. The Kier molecular flexibility index (Phi) is 5.46. The molecule has 9 nitrogen and oxygen atoms in total. The van der Waals surface area contributed by atoms with Gasteiger partial charge in [-0.05, 0) is 12.1 Å². The summed E-state index contributed by atoms with van der Waals surface area (Å²) in [6.45, 7) is 2.24. The van der Waals surface area contributed by atoms with Crippen LogP contribution in [0.15, 0.2) is 42.7 Å². The molecule has 1 atom stereocenters. The number of carbonyl (C=O) groups is 2. The maximum absolute atomic E-state index is 12.7. The Morgan fingerprint density at radius 1 is 1.14 bits per heavy atom. The summed E-state index contributed by atoms with van der Waals surface area (Å²) in [7, 11) is 1.52. The fraction of sp³-hybridized carbons (Fsp3) is 0.400. The van der Waals surface area contributed by atoms with E-state index in [1.54, 1.807) is 14.7 Å². The van der Waals surface area contributed by atoms with Crippen molar-refractivity contribution in [2.45, 2.75) is 12.5 Å². The van der Waals surface area contributed by atoms with E-state index in [-0.39, 0.29) is 24.6 Å². The first-order valence-corrected chi connectivity index (χ1v) is 9.56. The van der Waals surface area contributed by atoms with Gasteiger partial charge in [-0.1, -0.05) is 18.2 Å². The second-order valence-corrected chi connectivity index (χ2v) is 6.96. The van der Waals surface area contributed by atoms with E-state index in [2.05, 4.69) is 9.97 Å². The normalized spacial score (nSPS) is 19.0. The molecule has 0 aliphatic carbocycles. The van der Waals surface area contributed by atoms with Gasteiger partial charge in [-0.25, -0.2) is 4.79 Å². The first-order chi connectivity index (χ1) is 14.1. The molecule has 4 rings (SSSR count). The van der Waals surface area contributed by atoms with Crippen molar-refractivity contribution >= 4 is 17.6 Å². The van der Waals surface area contributed by atoms with Gasteiger partial charge in [-0.3, -0.25) is 14.7 Å². The number of anilines is 1. The molecule has 2 aromatic rings. The van der Waals surface area contributed by atoms with E-state index < -0.39 is 0 Å². The van der Waals surface area contributed by atoms with Gasteiger partial charge < -0.3 is 19.3 Å². The number of hydrogen-bond acceptors (Lipinski definition) is 6. The highest BCUT2D eigenvalue weighted by molar-refractivity contribution is 5.96. The van der Waals surface area contributed by atoms with Crippen molar-refractivity contribution in [2.24, 2.45) is 0 Å². The van der Waals surface area contributed by atoms with Crippen LogP contribution in [0.4, 0.5) is 10.5 Å². The van der Waals surface area contributed by atoms with Crippen molar-refractivity contribution in [1.29, 1.82) is 0 Å². The summed E-state index contributed by atoms with van der Waals surface area (Å²) in [4.78, 5) is 38.6. The standard InChI is InChI=1S/C20H23N5O4/c1-28-17-11-21-12-18(22-17)29-16-7-8-23(13-16)19(26)14-24-9-10-25(20(24)27)15-5-3-2-4-6-15/h2-6,11-12,16H,7-10,13-14H2,1H3. The van der Waals surface area contributed by atoms with Crippen LogP contribution in [0.3, 0.4) is 0 Å². The Labute approximate surface area is 168 Å². The van der Waals surface area contributed by atoms with Crippen molar-refractivity contribution < 1.29 is 19.1 Å². The SMILES string of the molecule is COc1cncc(OC2CCN(C(=O)CN3CCN(c4ccccc4)C3=O)C2)n1. The van der Waals surface area contributed by atoms with Crippen molar-refractivity contribution in [2.75, 3.05) is 44.7 Å². The predicted molar refractivity (Wildman–Crippen MR) is 105 cm³/mol. The monoisotopic (exact) mass is 397 g/mol. The molecule has 9 heteroatoms. The van der Waals surface area contributed by atoms with Gasteiger partial charge in [-0.2, -0.15) is 4.98 Å². The number of carbonyl (C=O) groups excluding carboxylic acids is 2. The Balaban J connectivity index is 1.30. The lowest BCUT2D eigenvalue weighted by Crippen LogP contribution is -2.42. The lowest BCUT2D eigenvalue weighted by atomic mass is 10.3. The third-order valence-corrected chi connectivity index (χ3v) is 5.07. The summed E-state index contributed by atoms with van der Waals surface area (Å²) in [5.74, 6) is 0.678. The van der Waals surface area contributed by atoms with Gasteiger partial charge in [-0.15, -0.1) is 0 Å². The fourth-order valence-electron chi connectivity index (χ4n) is 3.55. The number of methoxy groups -OCH3 is 1. The number of amides is 3. The van der Waals surface area contributed by atoms with Crippen LogP contribution >= 0.6 is 0 Å². The van der Waals surface area contributed by atoms with Crippen LogP contribution in [-0.2, 0) is 4.79 Å². The Hall–Kier alpha value is -3.36. The lowest BCUT2D eigenvalue weighted by molar-refractivity contribution is -0.130. The molecule has 3 heterocycles. The molecule has 1 aromatic heterocycles. The van der Waals surface area contributed by atoms with Crippen LogP contribution in [0.1, 0.15) is 6.42 Å². The van der Waals surface area contributed by atoms with Gasteiger partial charge in [0.1, 0.15) is 12.6 Å². The molecule has 0 N–H and O–H groups in total. The van der Waals surface area contributed by atoms with E-state index in [1.807, 2.05) is 30.3 Å². The zero-order valence-corrected chi connectivity index (χ0v) is 16.2. The molecule has 2 saturated heterocycles. The second-order valence-electron chi connectivity index (χ2n) is 6.96. The summed E-state index contributed by atoms with van der Waals surface area (Å²) >= 11 is 0. The smallest absolute Gasteiger partial charge is 0.325 e. The van der Waals surface area contributed by atoms with Crippen LogP contribution in [0, 0.1) is 0 Å². The van der Waals surface area contributed by atoms with E-state index in [0.29, 0.717) is 44.4 Å². The highest BCUT2D eigenvalue weighted by Crippen LogP contribution is 2.21. The average molecular weight is 397 g/mol. The number of hydrogen-bond donors (Lipinski definition) is 0. The number of rotatable bonds is 6. The van der Waals surface area contributed by atoms with Crippen LogP contribution in [0.5, 0.6) is 11.8 Å². The number of ether oxygens (including phenoxy) is 2. The number of benzene rings is 1. The van der Waals surface area contributed by atoms with E-state index in [1.165, 1.54) is 19.5 Å². The topological polar surface area (TPSA) is 88.1 Å². The molecule has 152 valence electrons. The molecule has 2 aliphatic rings. The van der Waals surface area contributed by atoms with Crippen molar-refractivity contribution in [3.63, 3.8) is 0 Å². The number of urea groups is 1. The summed E-state index contributed by atoms with van der Waals surface area (Å²) in [5, 5.41) is 0. The van der Waals surface area contributed by atoms with E-state index >= 15 is 0 Å². The maximum Gasteiger partial charge on any atom is 0.325 e.